The zero-order valence-electron chi connectivity index (χ0n) is 14.7. The van der Waals surface area contributed by atoms with Gasteiger partial charge >= 0.3 is 5.97 Å². The summed E-state index contributed by atoms with van der Waals surface area (Å²) in [6.07, 6.45) is 3.88. The Balaban J connectivity index is 1.48. The fourth-order valence-corrected chi connectivity index (χ4v) is 3.89. The van der Waals surface area contributed by atoms with Gasteiger partial charge in [0.15, 0.2) is 0 Å². The number of hydrogen-bond acceptors (Lipinski definition) is 6. The average molecular weight is 377 g/mol. The molecule has 1 amide bonds. The highest BCUT2D eigenvalue weighted by Crippen LogP contribution is 2.32. The highest BCUT2D eigenvalue weighted by Gasteiger charge is 2.42. The summed E-state index contributed by atoms with van der Waals surface area (Å²) in [4.78, 5) is 29.2. The number of carbonyl (C=O) groups excluding carboxylic acids is 1. The first-order valence-corrected chi connectivity index (χ1v) is 9.77. The van der Waals surface area contributed by atoms with E-state index in [-0.39, 0.29) is 12.3 Å². The van der Waals surface area contributed by atoms with E-state index in [0.717, 1.165) is 17.7 Å². The summed E-state index contributed by atoms with van der Waals surface area (Å²) < 4.78 is 5.21. The Bertz CT molecular complexity index is 748. The van der Waals surface area contributed by atoms with E-state index in [1.807, 2.05) is 17.5 Å². The Kier molecular flexibility index (Phi) is 5.70. The third kappa shape index (κ3) is 4.30. The molecule has 0 radical (unpaired) electrons. The van der Waals surface area contributed by atoms with Crippen LogP contribution in [-0.2, 0) is 16.0 Å². The van der Waals surface area contributed by atoms with E-state index in [1.54, 1.807) is 0 Å². The van der Waals surface area contributed by atoms with Crippen LogP contribution in [-0.4, -0.2) is 32.7 Å². The Hall–Kier alpha value is -2.22. The minimum absolute atomic E-state index is 0.236. The molecule has 7 nitrogen and oxygen atoms in total. The number of carboxylic acid groups (broad SMARTS) is 1. The number of aromatic nitrogens is 2. The van der Waals surface area contributed by atoms with Crippen molar-refractivity contribution in [2.45, 2.75) is 57.4 Å². The van der Waals surface area contributed by atoms with E-state index in [1.165, 1.54) is 11.3 Å². The molecule has 0 aliphatic heterocycles. The van der Waals surface area contributed by atoms with Crippen LogP contribution >= 0.6 is 11.3 Å². The Morgan fingerprint density at radius 2 is 2.19 bits per heavy atom. The fraction of sp³-hybridized carbons (Fsp3) is 0.556. The minimum Gasteiger partial charge on any atom is -0.480 e. The number of rotatable bonds is 7. The van der Waals surface area contributed by atoms with E-state index in [4.69, 9.17) is 4.52 Å². The number of amides is 1. The predicted octanol–water partition coefficient (Wildman–Crippen LogP) is 3.27. The van der Waals surface area contributed by atoms with Gasteiger partial charge in [0.05, 0.1) is 4.88 Å². The third-order valence-electron chi connectivity index (χ3n) is 4.92. The molecule has 26 heavy (non-hydrogen) atoms. The molecule has 0 bridgehead atoms. The Labute approximate surface area is 155 Å². The second kappa shape index (κ2) is 7.99. The largest absolute Gasteiger partial charge is 0.480 e. The minimum atomic E-state index is -1.11. The van der Waals surface area contributed by atoms with E-state index < -0.39 is 11.5 Å². The third-order valence-corrected chi connectivity index (χ3v) is 5.79. The number of carbonyl (C=O) groups is 2. The monoisotopic (exact) mass is 377 g/mol. The van der Waals surface area contributed by atoms with Gasteiger partial charge in [0.25, 0.3) is 0 Å². The van der Waals surface area contributed by atoms with Crippen molar-refractivity contribution >= 4 is 23.2 Å². The van der Waals surface area contributed by atoms with E-state index >= 15 is 0 Å². The van der Waals surface area contributed by atoms with Crippen molar-refractivity contribution in [3.63, 3.8) is 0 Å². The van der Waals surface area contributed by atoms with Gasteiger partial charge in [-0.25, -0.2) is 4.79 Å². The quantitative estimate of drug-likeness (QED) is 0.767. The predicted molar refractivity (Wildman–Crippen MR) is 96.7 cm³/mol. The number of thiophene rings is 1. The molecular formula is C18H23N3O4S. The number of aliphatic carboxylic acids is 1. The lowest BCUT2D eigenvalue weighted by Gasteiger charge is -2.36. The lowest BCUT2D eigenvalue weighted by molar-refractivity contribution is -0.149. The van der Waals surface area contributed by atoms with Crippen molar-refractivity contribution in [3.8, 4) is 10.7 Å². The Morgan fingerprint density at radius 1 is 1.42 bits per heavy atom. The van der Waals surface area contributed by atoms with Gasteiger partial charge in [0.1, 0.15) is 5.54 Å². The van der Waals surface area contributed by atoms with Gasteiger partial charge in [-0.15, -0.1) is 11.3 Å². The SMILES string of the molecule is CC1CCC(NC(=O)CCCc2nc(-c3cccs3)no2)(C(=O)O)CC1. The van der Waals surface area contributed by atoms with E-state index in [2.05, 4.69) is 22.4 Å². The summed E-state index contributed by atoms with van der Waals surface area (Å²) in [5, 5.41) is 18.2. The molecule has 0 atom stereocenters. The number of nitrogens with one attached hydrogen (secondary N) is 1. The smallest absolute Gasteiger partial charge is 0.329 e. The molecule has 2 heterocycles. The van der Waals surface area contributed by atoms with Crippen LogP contribution in [0.3, 0.4) is 0 Å². The first kappa shape index (κ1) is 18.6. The maximum absolute atomic E-state index is 12.2. The molecule has 1 saturated carbocycles. The molecule has 1 aliphatic carbocycles. The van der Waals surface area contributed by atoms with Crippen LogP contribution in [0.4, 0.5) is 0 Å². The van der Waals surface area contributed by atoms with Crippen LogP contribution in [0.15, 0.2) is 22.0 Å². The maximum Gasteiger partial charge on any atom is 0.329 e. The molecule has 140 valence electrons. The van der Waals surface area contributed by atoms with Crippen molar-refractivity contribution in [1.29, 1.82) is 0 Å². The van der Waals surface area contributed by atoms with E-state index in [0.29, 0.717) is 43.3 Å². The first-order chi connectivity index (χ1) is 12.5. The van der Waals surface area contributed by atoms with Crippen molar-refractivity contribution in [3.05, 3.63) is 23.4 Å². The highest BCUT2D eigenvalue weighted by atomic mass is 32.1. The molecule has 1 aliphatic rings. The van der Waals surface area contributed by atoms with Crippen LogP contribution in [0, 0.1) is 5.92 Å². The van der Waals surface area contributed by atoms with Gasteiger partial charge in [0, 0.05) is 12.8 Å². The standard InChI is InChI=1S/C18H23N3O4S/c1-12-7-9-18(10-8-12,17(23)24)20-14(22)5-2-6-15-19-16(21-25-15)13-4-3-11-26-13/h3-4,11-12H,2,5-10H2,1H3,(H,20,22)(H,23,24). The van der Waals surface area contributed by atoms with Gasteiger partial charge in [-0.2, -0.15) is 4.98 Å². The number of nitrogens with zero attached hydrogens (tertiary/aromatic N) is 2. The molecule has 2 aromatic rings. The number of carboxylic acids is 1. The summed E-state index contributed by atoms with van der Waals surface area (Å²) >= 11 is 1.54. The van der Waals surface area contributed by atoms with Crippen LogP contribution < -0.4 is 5.32 Å². The molecule has 0 unspecified atom stereocenters. The summed E-state index contributed by atoms with van der Waals surface area (Å²) in [5.74, 6) is 0.380. The molecule has 2 aromatic heterocycles. The first-order valence-electron chi connectivity index (χ1n) is 8.89. The van der Waals surface area contributed by atoms with Gasteiger partial charge in [-0.05, 0) is 49.5 Å². The zero-order valence-corrected chi connectivity index (χ0v) is 15.6. The topological polar surface area (TPSA) is 105 Å². The summed E-state index contributed by atoms with van der Waals surface area (Å²) in [5.41, 5.74) is -1.11. The molecule has 0 spiro atoms. The van der Waals surface area contributed by atoms with Gasteiger partial charge in [-0.3, -0.25) is 4.79 Å². The van der Waals surface area contributed by atoms with Gasteiger partial charge in [0.2, 0.25) is 17.6 Å². The lowest BCUT2D eigenvalue weighted by Crippen LogP contribution is -2.56. The van der Waals surface area contributed by atoms with Crippen molar-refractivity contribution in [1.82, 2.24) is 15.5 Å². The van der Waals surface area contributed by atoms with Crippen LogP contribution in [0.5, 0.6) is 0 Å². The zero-order chi connectivity index (χ0) is 18.6. The van der Waals surface area contributed by atoms with Crippen molar-refractivity contribution in [2.24, 2.45) is 5.92 Å². The Morgan fingerprint density at radius 3 is 2.85 bits per heavy atom. The molecule has 1 fully saturated rings. The van der Waals surface area contributed by atoms with Crippen LogP contribution in [0.2, 0.25) is 0 Å². The van der Waals surface area contributed by atoms with Crippen molar-refractivity contribution < 1.29 is 19.2 Å². The van der Waals surface area contributed by atoms with E-state index in [9.17, 15) is 14.7 Å². The molecular weight excluding hydrogens is 354 g/mol. The maximum atomic E-state index is 12.2. The molecule has 8 heteroatoms. The summed E-state index contributed by atoms with van der Waals surface area (Å²) in [6, 6.07) is 3.84. The normalized spacial score (nSPS) is 22.9. The highest BCUT2D eigenvalue weighted by molar-refractivity contribution is 7.13. The molecule has 2 N–H and O–H groups in total. The number of aryl methyl sites for hydroxylation is 1. The van der Waals surface area contributed by atoms with Gasteiger partial charge in [-0.1, -0.05) is 18.1 Å². The average Bonchev–Trinajstić information content (AvgIpc) is 3.28. The molecule has 3 rings (SSSR count). The van der Waals surface area contributed by atoms with Crippen LogP contribution in [0.25, 0.3) is 10.7 Å². The lowest BCUT2D eigenvalue weighted by atomic mass is 9.77. The number of hydrogen-bond donors (Lipinski definition) is 2. The summed E-state index contributed by atoms with van der Waals surface area (Å²) in [7, 11) is 0. The van der Waals surface area contributed by atoms with Crippen molar-refractivity contribution in [2.75, 3.05) is 0 Å². The molecule has 0 aromatic carbocycles. The molecule has 0 saturated heterocycles. The second-order valence-electron chi connectivity index (χ2n) is 6.96. The van der Waals surface area contributed by atoms with Gasteiger partial charge < -0.3 is 14.9 Å². The summed E-state index contributed by atoms with van der Waals surface area (Å²) in [6.45, 7) is 2.11. The second-order valence-corrected chi connectivity index (χ2v) is 7.91. The van der Waals surface area contributed by atoms with Crippen LogP contribution in [0.1, 0.15) is 51.3 Å². The fourth-order valence-electron chi connectivity index (χ4n) is 3.24.